The van der Waals surface area contributed by atoms with Crippen LogP contribution in [0.4, 0.5) is 0 Å². The molecule has 1 aromatic carbocycles. The molecule has 0 amide bonds. The van der Waals surface area contributed by atoms with E-state index in [0.29, 0.717) is 5.92 Å². The fourth-order valence-corrected chi connectivity index (χ4v) is 3.17. The molecule has 4 rings (SSSR count). The molecule has 0 spiro atoms. The smallest absolute Gasteiger partial charge is 0.137 e. The van der Waals surface area contributed by atoms with Crippen molar-refractivity contribution in [2.45, 2.75) is 25.3 Å². The third kappa shape index (κ3) is 2.54. The molecule has 21 heavy (non-hydrogen) atoms. The first kappa shape index (κ1) is 12.5. The molecule has 108 valence electrons. The molecule has 1 aliphatic heterocycles. The lowest BCUT2D eigenvalue weighted by Crippen LogP contribution is -2.34. The molecule has 1 unspecified atom stereocenters. The summed E-state index contributed by atoms with van der Waals surface area (Å²) in [5.41, 5.74) is 2.43. The van der Waals surface area contributed by atoms with Crippen LogP contribution >= 0.6 is 0 Å². The minimum absolute atomic E-state index is 0.470. The second kappa shape index (κ2) is 5.29. The molecule has 0 bridgehead atoms. The molecule has 6 nitrogen and oxygen atoms in total. The number of piperidine rings is 1. The molecule has 0 saturated carbocycles. The minimum atomic E-state index is 0.470. The Morgan fingerprint density at radius 2 is 2.24 bits per heavy atom. The van der Waals surface area contributed by atoms with Crippen molar-refractivity contribution in [3.8, 4) is 0 Å². The maximum Gasteiger partial charge on any atom is 0.137 e. The second-order valence-electron chi connectivity index (χ2n) is 5.74. The van der Waals surface area contributed by atoms with E-state index in [1.54, 1.807) is 6.33 Å². The summed E-state index contributed by atoms with van der Waals surface area (Å²) in [4.78, 5) is 6.80. The number of aromatic amines is 2. The molecular formula is C15H18N6. The molecule has 2 N–H and O–H groups in total. The van der Waals surface area contributed by atoms with Gasteiger partial charge in [-0.3, -0.25) is 15.1 Å². The lowest BCUT2D eigenvalue weighted by atomic mass is 9.97. The lowest BCUT2D eigenvalue weighted by Gasteiger charge is -2.31. The second-order valence-corrected chi connectivity index (χ2v) is 5.74. The van der Waals surface area contributed by atoms with E-state index in [1.807, 2.05) is 6.20 Å². The molecular weight excluding hydrogens is 264 g/mol. The summed E-state index contributed by atoms with van der Waals surface area (Å²) in [6, 6.07) is 6.52. The van der Waals surface area contributed by atoms with Crippen molar-refractivity contribution < 1.29 is 0 Å². The number of nitrogens with zero attached hydrogens (tertiary/aromatic N) is 4. The molecule has 6 heteroatoms. The van der Waals surface area contributed by atoms with Crippen LogP contribution in [0.25, 0.3) is 10.9 Å². The molecule has 2 aromatic heterocycles. The summed E-state index contributed by atoms with van der Waals surface area (Å²) in [6.45, 7) is 3.15. The van der Waals surface area contributed by atoms with Crippen molar-refractivity contribution in [1.29, 1.82) is 0 Å². The SMILES string of the molecule is c1n[nH]c(C2CCCN(Cc3ccc4cn[nH]c4c3)C2)n1. The van der Waals surface area contributed by atoms with Crippen LogP contribution in [-0.4, -0.2) is 43.4 Å². The number of rotatable bonds is 3. The van der Waals surface area contributed by atoms with Crippen molar-refractivity contribution in [2.75, 3.05) is 13.1 Å². The number of hydrogen-bond donors (Lipinski definition) is 2. The Morgan fingerprint density at radius 3 is 3.14 bits per heavy atom. The van der Waals surface area contributed by atoms with E-state index in [9.17, 15) is 0 Å². The first-order chi connectivity index (χ1) is 10.4. The average Bonchev–Trinajstić information content (AvgIpc) is 3.18. The summed E-state index contributed by atoms with van der Waals surface area (Å²) in [5.74, 6) is 1.49. The summed E-state index contributed by atoms with van der Waals surface area (Å²) in [6.07, 6.45) is 5.85. The van der Waals surface area contributed by atoms with Crippen LogP contribution in [0.5, 0.6) is 0 Å². The predicted molar refractivity (Wildman–Crippen MR) is 79.7 cm³/mol. The molecule has 3 aromatic rings. The molecule has 1 fully saturated rings. The molecule has 1 atom stereocenters. The lowest BCUT2D eigenvalue weighted by molar-refractivity contribution is 0.197. The van der Waals surface area contributed by atoms with E-state index in [4.69, 9.17) is 0 Å². The zero-order chi connectivity index (χ0) is 14.1. The van der Waals surface area contributed by atoms with Gasteiger partial charge in [0, 0.05) is 24.4 Å². The topological polar surface area (TPSA) is 73.5 Å². The highest BCUT2D eigenvalue weighted by atomic mass is 15.2. The maximum absolute atomic E-state index is 4.31. The van der Waals surface area contributed by atoms with E-state index in [-0.39, 0.29) is 0 Å². The Labute approximate surface area is 122 Å². The van der Waals surface area contributed by atoms with Gasteiger partial charge in [-0.15, -0.1) is 0 Å². The number of H-pyrrole nitrogens is 2. The number of fused-ring (bicyclic) bond motifs is 1. The largest absolute Gasteiger partial charge is 0.298 e. The van der Waals surface area contributed by atoms with Crippen molar-refractivity contribution in [2.24, 2.45) is 0 Å². The molecule has 0 aliphatic carbocycles. The van der Waals surface area contributed by atoms with Gasteiger partial charge in [0.05, 0.1) is 11.7 Å². The van der Waals surface area contributed by atoms with E-state index >= 15 is 0 Å². The Morgan fingerprint density at radius 1 is 1.24 bits per heavy atom. The van der Waals surface area contributed by atoms with Crippen LogP contribution < -0.4 is 0 Å². The van der Waals surface area contributed by atoms with Crippen LogP contribution in [-0.2, 0) is 6.54 Å². The summed E-state index contributed by atoms with van der Waals surface area (Å²) < 4.78 is 0. The van der Waals surface area contributed by atoms with Crippen LogP contribution in [0.1, 0.15) is 30.1 Å². The van der Waals surface area contributed by atoms with Gasteiger partial charge in [-0.25, -0.2) is 4.98 Å². The fourth-order valence-electron chi connectivity index (χ4n) is 3.17. The number of nitrogens with one attached hydrogen (secondary N) is 2. The average molecular weight is 282 g/mol. The van der Waals surface area contributed by atoms with Gasteiger partial charge >= 0.3 is 0 Å². The first-order valence-corrected chi connectivity index (χ1v) is 7.38. The van der Waals surface area contributed by atoms with Gasteiger partial charge in [-0.2, -0.15) is 10.2 Å². The van der Waals surface area contributed by atoms with Gasteiger partial charge in [0.2, 0.25) is 0 Å². The first-order valence-electron chi connectivity index (χ1n) is 7.38. The monoisotopic (exact) mass is 282 g/mol. The number of likely N-dealkylation sites (tertiary alicyclic amines) is 1. The van der Waals surface area contributed by atoms with Crippen molar-refractivity contribution in [1.82, 2.24) is 30.3 Å². The van der Waals surface area contributed by atoms with Crippen LogP contribution in [0, 0.1) is 0 Å². The third-order valence-corrected chi connectivity index (χ3v) is 4.24. The molecule has 1 saturated heterocycles. The van der Waals surface area contributed by atoms with Gasteiger partial charge in [-0.05, 0) is 31.0 Å². The summed E-state index contributed by atoms with van der Waals surface area (Å²) in [7, 11) is 0. The Kier molecular flexibility index (Phi) is 3.16. The predicted octanol–water partition coefficient (Wildman–Crippen LogP) is 2.06. The van der Waals surface area contributed by atoms with Crippen LogP contribution in [0.3, 0.4) is 0 Å². The van der Waals surface area contributed by atoms with Crippen LogP contribution in [0.15, 0.2) is 30.7 Å². The highest BCUT2D eigenvalue weighted by molar-refractivity contribution is 5.78. The summed E-state index contributed by atoms with van der Waals surface area (Å²) in [5, 5.41) is 15.3. The van der Waals surface area contributed by atoms with Gasteiger partial charge in [0.15, 0.2) is 0 Å². The molecule has 1 aliphatic rings. The van der Waals surface area contributed by atoms with E-state index in [2.05, 4.69) is 48.5 Å². The van der Waals surface area contributed by atoms with Crippen LogP contribution in [0.2, 0.25) is 0 Å². The van der Waals surface area contributed by atoms with E-state index in [0.717, 1.165) is 36.4 Å². The van der Waals surface area contributed by atoms with Gasteiger partial charge in [-0.1, -0.05) is 12.1 Å². The molecule has 3 heterocycles. The van der Waals surface area contributed by atoms with Gasteiger partial charge in [0.25, 0.3) is 0 Å². The van der Waals surface area contributed by atoms with Crippen molar-refractivity contribution in [3.63, 3.8) is 0 Å². The van der Waals surface area contributed by atoms with E-state index < -0.39 is 0 Å². The number of aromatic nitrogens is 5. The Hall–Kier alpha value is -2.21. The minimum Gasteiger partial charge on any atom is -0.298 e. The maximum atomic E-state index is 4.31. The van der Waals surface area contributed by atoms with Gasteiger partial charge in [0.1, 0.15) is 12.2 Å². The highest BCUT2D eigenvalue weighted by Gasteiger charge is 2.23. The zero-order valence-corrected chi connectivity index (χ0v) is 11.8. The van der Waals surface area contributed by atoms with Gasteiger partial charge < -0.3 is 0 Å². The zero-order valence-electron chi connectivity index (χ0n) is 11.8. The number of hydrogen-bond acceptors (Lipinski definition) is 4. The Balaban J connectivity index is 1.48. The number of benzene rings is 1. The standard InChI is InChI=1S/C15H18N6/c1-2-13(15-16-10-18-20-15)9-21(5-1)8-11-3-4-12-7-17-19-14(12)6-11/h3-4,6-7,10,13H,1-2,5,8-9H2,(H,17,19)(H,16,18,20). The summed E-state index contributed by atoms with van der Waals surface area (Å²) >= 11 is 0. The third-order valence-electron chi connectivity index (χ3n) is 4.24. The Bertz CT molecular complexity index is 717. The van der Waals surface area contributed by atoms with E-state index in [1.165, 1.54) is 18.4 Å². The highest BCUT2D eigenvalue weighted by Crippen LogP contribution is 2.25. The fraction of sp³-hybridized carbons (Fsp3) is 0.400. The van der Waals surface area contributed by atoms with Crippen molar-refractivity contribution >= 4 is 10.9 Å². The quantitative estimate of drug-likeness (QED) is 0.771. The van der Waals surface area contributed by atoms with Crippen molar-refractivity contribution in [3.05, 3.63) is 42.1 Å². The molecule has 0 radical (unpaired) electrons. The normalized spacial score (nSPS) is 20.1.